The van der Waals surface area contributed by atoms with E-state index in [1.165, 1.54) is 21.7 Å². The number of sulfonamides is 1. The fraction of sp³-hybridized carbons (Fsp3) is 0.130. The molecule has 0 spiro atoms. The highest BCUT2D eigenvalue weighted by Crippen LogP contribution is 2.29. The number of hydrogen-bond donors (Lipinski definition) is 1. The number of rotatable bonds is 4. The second-order valence-electron chi connectivity index (χ2n) is 7.44. The fourth-order valence-electron chi connectivity index (χ4n) is 3.77. The van der Waals surface area contributed by atoms with Gasteiger partial charge in [0.15, 0.2) is 0 Å². The molecular formula is C23H18N2O5S2. The van der Waals surface area contributed by atoms with Crippen molar-refractivity contribution in [3.8, 4) is 0 Å². The second kappa shape index (κ2) is 8.01. The molecule has 1 amide bonds. The van der Waals surface area contributed by atoms with Crippen LogP contribution in [-0.2, 0) is 23.0 Å². The van der Waals surface area contributed by atoms with Crippen molar-refractivity contribution in [2.75, 3.05) is 11.9 Å². The van der Waals surface area contributed by atoms with E-state index in [0.29, 0.717) is 33.8 Å². The molecule has 32 heavy (non-hydrogen) atoms. The van der Waals surface area contributed by atoms with Gasteiger partial charge < -0.3 is 9.73 Å². The molecule has 0 saturated heterocycles. The van der Waals surface area contributed by atoms with Crippen LogP contribution in [-0.4, -0.2) is 25.2 Å². The van der Waals surface area contributed by atoms with Gasteiger partial charge in [0.2, 0.25) is 0 Å². The van der Waals surface area contributed by atoms with Gasteiger partial charge in [0.05, 0.1) is 0 Å². The smallest absolute Gasteiger partial charge is 0.349 e. The van der Waals surface area contributed by atoms with Crippen molar-refractivity contribution in [2.45, 2.75) is 17.2 Å². The summed E-state index contributed by atoms with van der Waals surface area (Å²) in [6.45, 7) is 0.620. The number of amides is 1. The number of hydrogen-bond acceptors (Lipinski definition) is 6. The molecule has 0 saturated carbocycles. The SMILES string of the molecule is O=C(Nc1ccc2c(c1)CN(S(=O)(=O)c1cccs1)CC2)c1cc2ccccc2oc1=O. The van der Waals surface area contributed by atoms with Crippen LogP contribution in [0, 0.1) is 0 Å². The molecule has 2 aromatic carbocycles. The molecule has 0 unspecified atom stereocenters. The lowest BCUT2D eigenvalue weighted by Crippen LogP contribution is -2.35. The molecule has 0 radical (unpaired) electrons. The van der Waals surface area contributed by atoms with Gasteiger partial charge in [0.25, 0.3) is 15.9 Å². The Labute approximate surface area is 188 Å². The summed E-state index contributed by atoms with van der Waals surface area (Å²) >= 11 is 1.19. The predicted octanol–water partition coefficient (Wildman–Crippen LogP) is 3.85. The number of carbonyl (C=O) groups is 1. The molecule has 2 aromatic heterocycles. The third-order valence-electron chi connectivity index (χ3n) is 5.42. The molecular weight excluding hydrogens is 448 g/mol. The van der Waals surface area contributed by atoms with Crippen LogP contribution in [0.4, 0.5) is 5.69 Å². The molecule has 5 rings (SSSR count). The van der Waals surface area contributed by atoms with E-state index in [1.54, 1.807) is 53.9 Å². The number of para-hydroxylation sites is 1. The lowest BCUT2D eigenvalue weighted by molar-refractivity contribution is 0.102. The Morgan fingerprint density at radius 2 is 1.88 bits per heavy atom. The quantitative estimate of drug-likeness (QED) is 0.461. The molecule has 0 aliphatic carbocycles. The van der Waals surface area contributed by atoms with Crippen molar-refractivity contribution in [1.29, 1.82) is 0 Å². The summed E-state index contributed by atoms with van der Waals surface area (Å²) in [7, 11) is -3.56. The van der Waals surface area contributed by atoms with Crippen molar-refractivity contribution >= 4 is 43.9 Å². The average Bonchev–Trinajstić information content (AvgIpc) is 3.34. The van der Waals surface area contributed by atoms with Crippen molar-refractivity contribution in [3.63, 3.8) is 0 Å². The molecule has 1 aliphatic rings. The summed E-state index contributed by atoms with van der Waals surface area (Å²) in [6.07, 6.45) is 0.586. The first-order valence-corrected chi connectivity index (χ1v) is 12.2. The highest BCUT2D eigenvalue weighted by Gasteiger charge is 2.29. The first-order chi connectivity index (χ1) is 15.4. The molecule has 0 atom stereocenters. The number of fused-ring (bicyclic) bond motifs is 2. The number of benzene rings is 2. The largest absolute Gasteiger partial charge is 0.422 e. The maximum absolute atomic E-state index is 12.9. The van der Waals surface area contributed by atoms with Crippen molar-refractivity contribution < 1.29 is 17.6 Å². The maximum atomic E-state index is 12.9. The lowest BCUT2D eigenvalue weighted by Gasteiger charge is -2.28. The van der Waals surface area contributed by atoms with Crippen LogP contribution in [0.25, 0.3) is 11.0 Å². The Bertz CT molecular complexity index is 1490. The van der Waals surface area contributed by atoms with E-state index in [9.17, 15) is 18.0 Å². The van der Waals surface area contributed by atoms with E-state index >= 15 is 0 Å². The van der Waals surface area contributed by atoms with Gasteiger partial charge in [-0.2, -0.15) is 4.31 Å². The Hall–Kier alpha value is -3.27. The zero-order valence-electron chi connectivity index (χ0n) is 16.8. The van der Waals surface area contributed by atoms with Gasteiger partial charge in [-0.3, -0.25) is 4.79 Å². The highest BCUT2D eigenvalue weighted by molar-refractivity contribution is 7.91. The van der Waals surface area contributed by atoms with Crippen molar-refractivity contribution in [2.24, 2.45) is 0 Å². The van der Waals surface area contributed by atoms with Crippen LogP contribution in [0.2, 0.25) is 0 Å². The number of carbonyl (C=O) groups excluding carboxylic acids is 1. The zero-order chi connectivity index (χ0) is 22.3. The molecule has 1 N–H and O–H groups in total. The summed E-state index contributed by atoms with van der Waals surface area (Å²) in [5, 5.41) is 5.12. The minimum Gasteiger partial charge on any atom is -0.422 e. The topological polar surface area (TPSA) is 96.7 Å². The Kier molecular flexibility index (Phi) is 5.16. The Morgan fingerprint density at radius 3 is 2.69 bits per heavy atom. The van der Waals surface area contributed by atoms with Gasteiger partial charge >= 0.3 is 5.63 Å². The van der Waals surface area contributed by atoms with Crippen LogP contribution in [0.3, 0.4) is 0 Å². The van der Waals surface area contributed by atoms with E-state index in [4.69, 9.17) is 4.42 Å². The maximum Gasteiger partial charge on any atom is 0.349 e. The van der Waals surface area contributed by atoms with E-state index in [1.807, 2.05) is 6.07 Å². The number of nitrogens with zero attached hydrogens (tertiary/aromatic N) is 1. The van der Waals surface area contributed by atoms with E-state index in [2.05, 4.69) is 5.32 Å². The molecule has 9 heteroatoms. The van der Waals surface area contributed by atoms with Crippen LogP contribution in [0.15, 0.2) is 79.5 Å². The molecule has 4 aromatic rings. The average molecular weight is 467 g/mol. The predicted molar refractivity (Wildman–Crippen MR) is 122 cm³/mol. The summed E-state index contributed by atoms with van der Waals surface area (Å²) in [5.41, 5.74) is 1.94. The van der Waals surface area contributed by atoms with Gasteiger partial charge in [-0.15, -0.1) is 11.3 Å². The first kappa shape index (κ1) is 20.6. The minimum atomic E-state index is -3.56. The third kappa shape index (κ3) is 3.75. The standard InChI is InChI=1S/C23H18N2O5S2/c26-22(19-13-16-4-1-2-5-20(16)30-23(19)27)24-18-8-7-15-9-10-25(14-17(15)12-18)32(28,29)21-6-3-11-31-21/h1-8,11-13H,9-10,14H2,(H,24,26). The van der Waals surface area contributed by atoms with Gasteiger partial charge in [-0.1, -0.05) is 30.3 Å². The molecule has 162 valence electrons. The zero-order valence-corrected chi connectivity index (χ0v) is 18.4. The van der Waals surface area contributed by atoms with Gasteiger partial charge in [0.1, 0.15) is 15.4 Å². The summed E-state index contributed by atoms with van der Waals surface area (Å²) in [4.78, 5) is 25.0. The van der Waals surface area contributed by atoms with Crippen molar-refractivity contribution in [3.05, 3.63) is 93.2 Å². The minimum absolute atomic E-state index is 0.0941. The Balaban J connectivity index is 1.40. The monoisotopic (exact) mass is 466 g/mol. The van der Waals surface area contributed by atoms with Crippen molar-refractivity contribution in [1.82, 2.24) is 4.31 Å². The summed E-state index contributed by atoms with van der Waals surface area (Å²) < 4.78 is 32.7. The first-order valence-electron chi connectivity index (χ1n) is 9.91. The molecule has 0 bridgehead atoms. The molecule has 0 fully saturated rings. The van der Waals surface area contributed by atoms with Crippen LogP contribution < -0.4 is 10.9 Å². The third-order valence-corrected chi connectivity index (χ3v) is 8.63. The lowest BCUT2D eigenvalue weighted by atomic mass is 10.0. The van der Waals surface area contributed by atoms with Gasteiger partial charge in [-0.05, 0) is 53.3 Å². The second-order valence-corrected chi connectivity index (χ2v) is 10.6. The van der Waals surface area contributed by atoms with E-state index in [-0.39, 0.29) is 12.1 Å². The number of nitrogens with one attached hydrogen (secondary N) is 1. The summed E-state index contributed by atoms with van der Waals surface area (Å²) in [5.74, 6) is -0.580. The van der Waals surface area contributed by atoms with Gasteiger partial charge in [0, 0.05) is 24.2 Å². The fourth-order valence-corrected chi connectivity index (χ4v) is 6.33. The normalized spacial score (nSPS) is 14.2. The van der Waals surface area contributed by atoms with Crippen LogP contribution in [0.1, 0.15) is 21.5 Å². The van der Waals surface area contributed by atoms with Crippen LogP contribution >= 0.6 is 11.3 Å². The van der Waals surface area contributed by atoms with E-state index < -0.39 is 21.6 Å². The van der Waals surface area contributed by atoms with Gasteiger partial charge in [-0.25, -0.2) is 13.2 Å². The Morgan fingerprint density at radius 1 is 1.03 bits per heavy atom. The number of anilines is 1. The van der Waals surface area contributed by atoms with E-state index in [0.717, 1.165) is 11.1 Å². The number of thiophene rings is 1. The highest BCUT2D eigenvalue weighted by atomic mass is 32.2. The summed E-state index contributed by atoms with van der Waals surface area (Å²) in [6, 6.07) is 17.2. The van der Waals surface area contributed by atoms with Crippen LogP contribution in [0.5, 0.6) is 0 Å². The molecule has 1 aliphatic heterocycles. The molecule has 3 heterocycles. The molecule has 7 nitrogen and oxygen atoms in total.